The highest BCUT2D eigenvalue weighted by Crippen LogP contribution is 2.29. The standard InChI is InChI=1S/C13H20N4O/c1-13(2)12(18)16(4)5-6-17(13)11-7-10(14-3)8-15-9-11/h7-9,14H,5-6H2,1-4H3. The fraction of sp³-hybridized carbons (Fsp3) is 0.538. The lowest BCUT2D eigenvalue weighted by atomic mass is 9.97. The summed E-state index contributed by atoms with van der Waals surface area (Å²) in [5.41, 5.74) is 1.41. The van der Waals surface area contributed by atoms with Crippen molar-refractivity contribution in [3.8, 4) is 0 Å². The first-order valence-electron chi connectivity index (χ1n) is 6.13. The molecular formula is C13H20N4O. The zero-order chi connectivity index (χ0) is 13.3. The minimum Gasteiger partial charge on any atom is -0.387 e. The van der Waals surface area contributed by atoms with Gasteiger partial charge in [-0.05, 0) is 19.9 Å². The summed E-state index contributed by atoms with van der Waals surface area (Å²) in [6.45, 7) is 5.48. The van der Waals surface area contributed by atoms with Gasteiger partial charge in [0, 0.05) is 27.2 Å². The maximum Gasteiger partial charge on any atom is 0.247 e. The van der Waals surface area contributed by atoms with E-state index in [4.69, 9.17) is 0 Å². The second-order valence-electron chi connectivity index (χ2n) is 5.12. The lowest BCUT2D eigenvalue weighted by Crippen LogP contribution is -2.62. The molecule has 0 unspecified atom stereocenters. The molecule has 0 radical (unpaired) electrons. The van der Waals surface area contributed by atoms with E-state index in [1.807, 2.05) is 34.0 Å². The van der Waals surface area contributed by atoms with Crippen molar-refractivity contribution in [3.63, 3.8) is 0 Å². The molecule has 98 valence electrons. The molecule has 1 aromatic rings. The van der Waals surface area contributed by atoms with Gasteiger partial charge < -0.3 is 15.1 Å². The Morgan fingerprint density at radius 2 is 2.06 bits per heavy atom. The third-order valence-electron chi connectivity index (χ3n) is 3.53. The van der Waals surface area contributed by atoms with Crippen LogP contribution in [0.3, 0.4) is 0 Å². The number of nitrogens with one attached hydrogen (secondary N) is 1. The average Bonchev–Trinajstić information content (AvgIpc) is 2.36. The number of rotatable bonds is 2. The number of aromatic nitrogens is 1. The van der Waals surface area contributed by atoms with E-state index in [0.717, 1.165) is 24.5 Å². The molecule has 1 saturated heterocycles. The van der Waals surface area contributed by atoms with E-state index in [0.29, 0.717) is 0 Å². The maximum absolute atomic E-state index is 12.2. The smallest absolute Gasteiger partial charge is 0.247 e. The molecule has 2 heterocycles. The molecule has 18 heavy (non-hydrogen) atoms. The minimum absolute atomic E-state index is 0.142. The van der Waals surface area contributed by atoms with E-state index in [1.165, 1.54) is 0 Å². The summed E-state index contributed by atoms with van der Waals surface area (Å²) in [6, 6.07) is 2.02. The molecule has 1 amide bonds. The zero-order valence-corrected chi connectivity index (χ0v) is 11.4. The number of hydrogen-bond acceptors (Lipinski definition) is 4. The highest BCUT2D eigenvalue weighted by Gasteiger charge is 2.40. The normalized spacial score (nSPS) is 19.0. The Balaban J connectivity index is 2.34. The Kier molecular flexibility index (Phi) is 3.15. The second kappa shape index (κ2) is 4.48. The maximum atomic E-state index is 12.2. The molecule has 1 aliphatic heterocycles. The number of piperazine rings is 1. The van der Waals surface area contributed by atoms with Gasteiger partial charge in [-0.3, -0.25) is 9.78 Å². The van der Waals surface area contributed by atoms with Crippen molar-refractivity contribution in [2.24, 2.45) is 0 Å². The van der Waals surface area contributed by atoms with Gasteiger partial charge in [-0.2, -0.15) is 0 Å². The molecule has 0 saturated carbocycles. The molecule has 0 atom stereocenters. The van der Waals surface area contributed by atoms with Crippen molar-refractivity contribution >= 4 is 17.3 Å². The zero-order valence-electron chi connectivity index (χ0n) is 11.4. The van der Waals surface area contributed by atoms with Gasteiger partial charge in [0.25, 0.3) is 0 Å². The molecule has 1 aliphatic rings. The molecule has 0 bridgehead atoms. The van der Waals surface area contributed by atoms with E-state index in [1.54, 1.807) is 17.3 Å². The summed E-state index contributed by atoms with van der Waals surface area (Å²) in [5.74, 6) is 0.142. The van der Waals surface area contributed by atoms with Crippen LogP contribution in [0.4, 0.5) is 11.4 Å². The fourth-order valence-electron chi connectivity index (χ4n) is 2.38. The monoisotopic (exact) mass is 248 g/mol. The summed E-state index contributed by atoms with van der Waals surface area (Å²) < 4.78 is 0. The largest absolute Gasteiger partial charge is 0.387 e. The summed E-state index contributed by atoms with van der Waals surface area (Å²) in [6.07, 6.45) is 3.58. The van der Waals surface area contributed by atoms with Gasteiger partial charge in [0.1, 0.15) is 5.54 Å². The van der Waals surface area contributed by atoms with Crippen LogP contribution in [0.5, 0.6) is 0 Å². The van der Waals surface area contributed by atoms with Gasteiger partial charge in [-0.1, -0.05) is 0 Å². The SMILES string of the molecule is CNc1cncc(N2CCN(C)C(=O)C2(C)C)c1. The van der Waals surface area contributed by atoms with Crippen LogP contribution in [-0.2, 0) is 4.79 Å². The summed E-state index contributed by atoms with van der Waals surface area (Å²) >= 11 is 0. The van der Waals surface area contributed by atoms with Crippen molar-refractivity contribution in [1.82, 2.24) is 9.88 Å². The lowest BCUT2D eigenvalue weighted by molar-refractivity contribution is -0.136. The number of hydrogen-bond donors (Lipinski definition) is 1. The Labute approximate surface area is 108 Å². The molecule has 0 spiro atoms. The molecule has 0 aliphatic carbocycles. The Morgan fingerprint density at radius 3 is 2.72 bits per heavy atom. The Bertz CT molecular complexity index is 458. The lowest BCUT2D eigenvalue weighted by Gasteiger charge is -2.46. The van der Waals surface area contributed by atoms with E-state index < -0.39 is 5.54 Å². The summed E-state index contributed by atoms with van der Waals surface area (Å²) in [7, 11) is 3.71. The van der Waals surface area contributed by atoms with E-state index in [2.05, 4.69) is 15.2 Å². The van der Waals surface area contributed by atoms with Crippen LogP contribution in [0, 0.1) is 0 Å². The van der Waals surface area contributed by atoms with Gasteiger partial charge in [0.05, 0.1) is 23.8 Å². The van der Waals surface area contributed by atoms with Crippen molar-refractivity contribution in [1.29, 1.82) is 0 Å². The predicted molar refractivity (Wildman–Crippen MR) is 72.8 cm³/mol. The summed E-state index contributed by atoms with van der Waals surface area (Å²) in [4.78, 5) is 20.3. The highest BCUT2D eigenvalue weighted by atomic mass is 16.2. The van der Waals surface area contributed by atoms with Gasteiger partial charge in [0.2, 0.25) is 5.91 Å². The molecule has 5 heteroatoms. The van der Waals surface area contributed by atoms with Crippen LogP contribution in [0.15, 0.2) is 18.5 Å². The number of nitrogens with zero attached hydrogens (tertiary/aromatic N) is 3. The van der Waals surface area contributed by atoms with Crippen LogP contribution >= 0.6 is 0 Å². The first-order valence-corrected chi connectivity index (χ1v) is 6.13. The molecule has 1 fully saturated rings. The molecule has 1 aromatic heterocycles. The van der Waals surface area contributed by atoms with Crippen LogP contribution in [0.2, 0.25) is 0 Å². The van der Waals surface area contributed by atoms with Crippen LogP contribution in [-0.4, -0.2) is 48.5 Å². The van der Waals surface area contributed by atoms with Crippen molar-refractivity contribution in [2.75, 3.05) is 37.4 Å². The quantitative estimate of drug-likeness (QED) is 0.854. The minimum atomic E-state index is -0.527. The second-order valence-corrected chi connectivity index (χ2v) is 5.12. The molecule has 1 N–H and O–H groups in total. The molecule has 5 nitrogen and oxygen atoms in total. The number of carbonyl (C=O) groups excluding carboxylic acids is 1. The number of likely N-dealkylation sites (N-methyl/N-ethyl adjacent to an activating group) is 1. The third kappa shape index (κ3) is 2.00. The van der Waals surface area contributed by atoms with E-state index in [9.17, 15) is 4.79 Å². The van der Waals surface area contributed by atoms with E-state index in [-0.39, 0.29) is 5.91 Å². The van der Waals surface area contributed by atoms with Crippen LogP contribution in [0.1, 0.15) is 13.8 Å². The number of anilines is 2. The molecular weight excluding hydrogens is 228 g/mol. The summed E-state index contributed by atoms with van der Waals surface area (Å²) in [5, 5.41) is 3.07. The first-order chi connectivity index (χ1) is 8.46. The van der Waals surface area contributed by atoms with Crippen molar-refractivity contribution in [2.45, 2.75) is 19.4 Å². The topological polar surface area (TPSA) is 48.5 Å². The Morgan fingerprint density at radius 1 is 1.33 bits per heavy atom. The highest BCUT2D eigenvalue weighted by molar-refractivity contribution is 5.90. The van der Waals surface area contributed by atoms with Crippen LogP contribution < -0.4 is 10.2 Å². The van der Waals surface area contributed by atoms with Gasteiger partial charge in [-0.15, -0.1) is 0 Å². The first kappa shape index (κ1) is 12.7. The number of carbonyl (C=O) groups is 1. The third-order valence-corrected chi connectivity index (χ3v) is 3.53. The predicted octanol–water partition coefficient (Wildman–Crippen LogP) is 1.18. The van der Waals surface area contributed by atoms with Crippen molar-refractivity contribution < 1.29 is 4.79 Å². The average molecular weight is 248 g/mol. The van der Waals surface area contributed by atoms with Gasteiger partial charge in [-0.25, -0.2) is 0 Å². The number of amides is 1. The van der Waals surface area contributed by atoms with E-state index >= 15 is 0 Å². The number of pyridine rings is 1. The molecule has 2 rings (SSSR count). The van der Waals surface area contributed by atoms with Gasteiger partial charge >= 0.3 is 0 Å². The molecule has 0 aromatic carbocycles. The fourth-order valence-corrected chi connectivity index (χ4v) is 2.38. The van der Waals surface area contributed by atoms with Crippen molar-refractivity contribution in [3.05, 3.63) is 18.5 Å². The Hall–Kier alpha value is -1.78. The van der Waals surface area contributed by atoms with Crippen LogP contribution in [0.25, 0.3) is 0 Å². The van der Waals surface area contributed by atoms with Gasteiger partial charge in [0.15, 0.2) is 0 Å².